The van der Waals surface area contributed by atoms with Gasteiger partial charge in [-0.05, 0) is 31.5 Å². The van der Waals surface area contributed by atoms with E-state index in [1.54, 1.807) is 17.4 Å². The summed E-state index contributed by atoms with van der Waals surface area (Å²) in [6.07, 6.45) is 3.84. The summed E-state index contributed by atoms with van der Waals surface area (Å²) in [7, 11) is 0. The Bertz CT molecular complexity index is 673. The summed E-state index contributed by atoms with van der Waals surface area (Å²) >= 11 is 1.68. The number of hydrogen-bond donors (Lipinski definition) is 1. The first-order valence-corrected chi connectivity index (χ1v) is 9.27. The van der Waals surface area contributed by atoms with Crippen LogP contribution in [0.4, 0.5) is 0 Å². The van der Waals surface area contributed by atoms with Crippen molar-refractivity contribution < 1.29 is 5.11 Å². The number of aromatic hydroxyl groups is 1. The maximum Gasteiger partial charge on any atom is 0.115 e. The van der Waals surface area contributed by atoms with Gasteiger partial charge in [0.15, 0.2) is 0 Å². The second kappa shape index (κ2) is 7.47. The van der Waals surface area contributed by atoms with Crippen LogP contribution in [0, 0.1) is 0 Å². The first-order valence-electron chi connectivity index (χ1n) is 8.39. The number of thiazole rings is 1. The molecule has 4 nitrogen and oxygen atoms in total. The summed E-state index contributed by atoms with van der Waals surface area (Å²) in [5, 5.41) is 13.0. The molecule has 128 valence electrons. The fraction of sp³-hybridized carbons (Fsp3) is 0.421. The summed E-state index contributed by atoms with van der Waals surface area (Å²) in [5.41, 5.74) is 1.10. The van der Waals surface area contributed by atoms with Crippen molar-refractivity contribution >= 4 is 11.3 Å². The highest BCUT2D eigenvalue weighted by atomic mass is 32.1. The maximum atomic E-state index is 9.93. The molecule has 0 bridgehead atoms. The molecule has 1 aromatic carbocycles. The van der Waals surface area contributed by atoms with Crippen LogP contribution in [-0.4, -0.2) is 51.6 Å². The Morgan fingerprint density at radius 1 is 1.38 bits per heavy atom. The van der Waals surface area contributed by atoms with E-state index in [0.29, 0.717) is 17.8 Å². The Labute approximate surface area is 148 Å². The average Bonchev–Trinajstić information content (AvgIpc) is 3.06. The summed E-state index contributed by atoms with van der Waals surface area (Å²) in [6, 6.07) is 8.51. The van der Waals surface area contributed by atoms with Gasteiger partial charge in [0.25, 0.3) is 0 Å². The van der Waals surface area contributed by atoms with Crippen LogP contribution >= 0.6 is 11.3 Å². The van der Waals surface area contributed by atoms with Crippen molar-refractivity contribution in [3.63, 3.8) is 0 Å². The van der Waals surface area contributed by atoms with Crippen molar-refractivity contribution in [1.29, 1.82) is 0 Å². The van der Waals surface area contributed by atoms with Crippen molar-refractivity contribution in [3.05, 3.63) is 59.1 Å². The van der Waals surface area contributed by atoms with E-state index in [9.17, 15) is 5.11 Å². The zero-order valence-corrected chi connectivity index (χ0v) is 15.1. The van der Waals surface area contributed by atoms with E-state index in [0.717, 1.165) is 30.2 Å². The molecule has 1 aliphatic rings. The molecule has 2 heterocycles. The van der Waals surface area contributed by atoms with Crippen LogP contribution < -0.4 is 0 Å². The molecule has 1 aromatic heterocycles. The zero-order valence-electron chi connectivity index (χ0n) is 14.3. The van der Waals surface area contributed by atoms with Gasteiger partial charge in [0, 0.05) is 43.3 Å². The molecule has 3 atom stereocenters. The van der Waals surface area contributed by atoms with Crippen molar-refractivity contribution in [2.75, 3.05) is 19.6 Å². The third-order valence-electron chi connectivity index (χ3n) is 4.73. The third-order valence-corrected chi connectivity index (χ3v) is 5.56. The molecule has 0 unspecified atom stereocenters. The first-order chi connectivity index (χ1) is 11.6. The van der Waals surface area contributed by atoms with Gasteiger partial charge in [-0.3, -0.25) is 9.80 Å². The van der Waals surface area contributed by atoms with Gasteiger partial charge in [0.2, 0.25) is 0 Å². The van der Waals surface area contributed by atoms with E-state index in [1.807, 2.05) is 29.8 Å². The zero-order chi connectivity index (χ0) is 17.1. The molecule has 0 saturated carbocycles. The van der Waals surface area contributed by atoms with E-state index in [1.165, 1.54) is 0 Å². The lowest BCUT2D eigenvalue weighted by molar-refractivity contribution is 0.0306. The van der Waals surface area contributed by atoms with Gasteiger partial charge >= 0.3 is 0 Å². The normalized spacial score (nSPS) is 23.9. The highest BCUT2D eigenvalue weighted by Crippen LogP contribution is 2.35. The molecule has 1 aliphatic heterocycles. The number of phenolic OH excluding ortho intramolecular Hbond substituents is 1. The molecular formula is C19H25N3OS. The van der Waals surface area contributed by atoms with E-state index >= 15 is 0 Å². The standard InChI is InChI=1S/C19H25N3OS/c1-4-9-21-12-15(3)22(13-14(21)2)18(19-20-8-10-24-19)16-6-5-7-17(23)11-16/h4-8,10-11,14-15,18,23H,1,9,12-13H2,2-3H3/t14-,15+,18-/m1/s1. The van der Waals surface area contributed by atoms with Gasteiger partial charge in [0.05, 0.1) is 6.04 Å². The van der Waals surface area contributed by atoms with Crippen molar-refractivity contribution in [2.45, 2.75) is 32.0 Å². The third kappa shape index (κ3) is 3.53. The molecular weight excluding hydrogens is 318 g/mol. The predicted octanol–water partition coefficient (Wildman–Crippen LogP) is 3.52. The van der Waals surface area contributed by atoms with E-state index in [4.69, 9.17) is 0 Å². The first kappa shape index (κ1) is 17.1. The van der Waals surface area contributed by atoms with Crippen LogP contribution in [0.25, 0.3) is 0 Å². The second-order valence-corrected chi connectivity index (χ2v) is 7.43. The lowest BCUT2D eigenvalue weighted by Gasteiger charge is -2.46. The fourth-order valence-electron chi connectivity index (χ4n) is 3.55. The molecule has 0 aliphatic carbocycles. The Hall–Kier alpha value is -1.69. The summed E-state index contributed by atoms with van der Waals surface area (Å²) < 4.78 is 0. The number of benzene rings is 1. The van der Waals surface area contributed by atoms with Crippen LogP contribution in [0.5, 0.6) is 5.75 Å². The molecule has 1 fully saturated rings. The largest absolute Gasteiger partial charge is 0.508 e. The van der Waals surface area contributed by atoms with E-state index < -0.39 is 0 Å². The molecule has 0 spiro atoms. The van der Waals surface area contributed by atoms with Gasteiger partial charge in [-0.15, -0.1) is 17.9 Å². The number of aromatic nitrogens is 1. The minimum Gasteiger partial charge on any atom is -0.508 e. The van der Waals surface area contributed by atoms with Crippen LogP contribution in [0.1, 0.15) is 30.5 Å². The number of rotatable bonds is 5. The van der Waals surface area contributed by atoms with Gasteiger partial charge in [-0.1, -0.05) is 18.2 Å². The summed E-state index contributed by atoms with van der Waals surface area (Å²) in [4.78, 5) is 9.56. The summed E-state index contributed by atoms with van der Waals surface area (Å²) in [6.45, 7) is 11.3. The van der Waals surface area contributed by atoms with Gasteiger partial charge < -0.3 is 5.11 Å². The molecule has 2 aromatic rings. The number of hydrogen-bond acceptors (Lipinski definition) is 5. The van der Waals surface area contributed by atoms with Crippen LogP contribution in [-0.2, 0) is 0 Å². The minimum absolute atomic E-state index is 0.0837. The van der Waals surface area contributed by atoms with Crippen molar-refractivity contribution in [1.82, 2.24) is 14.8 Å². The Balaban J connectivity index is 1.93. The lowest BCUT2D eigenvalue weighted by Crippen LogP contribution is -2.57. The van der Waals surface area contributed by atoms with E-state index in [-0.39, 0.29) is 6.04 Å². The topological polar surface area (TPSA) is 39.6 Å². The van der Waals surface area contributed by atoms with Gasteiger partial charge in [0.1, 0.15) is 10.8 Å². The second-order valence-electron chi connectivity index (χ2n) is 6.51. The molecule has 3 rings (SSSR count). The highest BCUT2D eigenvalue weighted by molar-refractivity contribution is 7.09. The quantitative estimate of drug-likeness (QED) is 0.843. The van der Waals surface area contributed by atoms with Gasteiger partial charge in [-0.25, -0.2) is 4.98 Å². The van der Waals surface area contributed by atoms with Gasteiger partial charge in [-0.2, -0.15) is 0 Å². The monoisotopic (exact) mass is 343 g/mol. The maximum absolute atomic E-state index is 9.93. The fourth-order valence-corrected chi connectivity index (χ4v) is 4.33. The molecule has 1 N–H and O–H groups in total. The summed E-state index contributed by atoms with van der Waals surface area (Å²) in [5.74, 6) is 0.306. The van der Waals surface area contributed by atoms with Crippen LogP contribution in [0.2, 0.25) is 0 Å². The Morgan fingerprint density at radius 2 is 2.21 bits per heavy atom. The molecule has 5 heteroatoms. The minimum atomic E-state index is 0.0837. The molecule has 0 radical (unpaired) electrons. The lowest BCUT2D eigenvalue weighted by atomic mass is 9.99. The Kier molecular flexibility index (Phi) is 5.33. The Morgan fingerprint density at radius 3 is 2.88 bits per heavy atom. The molecule has 24 heavy (non-hydrogen) atoms. The van der Waals surface area contributed by atoms with Crippen molar-refractivity contribution in [2.24, 2.45) is 0 Å². The van der Waals surface area contributed by atoms with Crippen molar-refractivity contribution in [3.8, 4) is 5.75 Å². The SMILES string of the molecule is C=CCN1C[C@H](C)N([C@H](c2cccc(O)c2)c2nccs2)C[C@H]1C. The predicted molar refractivity (Wildman–Crippen MR) is 99.5 cm³/mol. The van der Waals surface area contributed by atoms with E-state index in [2.05, 4.69) is 41.3 Å². The molecule has 0 amide bonds. The molecule has 1 saturated heterocycles. The number of nitrogens with zero attached hydrogens (tertiary/aromatic N) is 3. The van der Waals surface area contributed by atoms with Crippen LogP contribution in [0.3, 0.4) is 0 Å². The van der Waals surface area contributed by atoms with Crippen LogP contribution in [0.15, 0.2) is 48.5 Å². The smallest absolute Gasteiger partial charge is 0.115 e. The number of phenols is 1. The highest BCUT2D eigenvalue weighted by Gasteiger charge is 2.35. The number of piperazine rings is 1. The average molecular weight is 343 g/mol.